The van der Waals surface area contributed by atoms with Crippen LogP contribution in [-0.4, -0.2) is 39.4 Å². The Morgan fingerprint density at radius 2 is 1.74 bits per heavy atom. The fraction of sp³-hybridized carbons (Fsp3) is 0.233. The molecule has 42 heavy (non-hydrogen) atoms. The summed E-state index contributed by atoms with van der Waals surface area (Å²) in [7, 11) is 3.71. The number of carbonyl (C=O) groups is 1. The maximum absolute atomic E-state index is 13.7. The molecule has 0 radical (unpaired) electrons. The number of aryl methyl sites for hydroxylation is 2. The van der Waals surface area contributed by atoms with Crippen molar-refractivity contribution >= 4 is 28.7 Å². The molecule has 3 N–H and O–H groups in total. The number of carbonyl (C=O) groups excluding carboxylic acids is 1. The van der Waals surface area contributed by atoms with E-state index in [0.29, 0.717) is 18.5 Å². The standard InChI is InChI=1S/C30H31F3N8O/c1-19-5-6-22(13-28(19)41-18-27(38-40(41)4)26-17-36-39(3)20(26)2)29(42)37-25-15-23(30(31,32)33)14-24(16-25)35-12-9-21-7-10-34-11-8-21/h5-8,10-11,13-18,35,38H,9,12H2,1-4H3,(H,37,42). The van der Waals surface area contributed by atoms with E-state index in [4.69, 9.17) is 0 Å². The molecule has 0 spiro atoms. The molecular formula is C30H31F3N8O. The summed E-state index contributed by atoms with van der Waals surface area (Å²) in [5, 5.41) is 13.6. The number of hydrogen-bond acceptors (Lipinski definition) is 7. The molecule has 2 aromatic heterocycles. The molecular weight excluding hydrogens is 545 g/mol. The Bertz CT molecular complexity index is 1630. The van der Waals surface area contributed by atoms with Gasteiger partial charge in [0.15, 0.2) is 0 Å². The predicted molar refractivity (Wildman–Crippen MR) is 156 cm³/mol. The zero-order chi connectivity index (χ0) is 30.0. The lowest BCUT2D eigenvalue weighted by Crippen LogP contribution is -2.39. The second kappa shape index (κ2) is 11.6. The topological polar surface area (TPSA) is 90.4 Å². The van der Waals surface area contributed by atoms with Gasteiger partial charge in [0.05, 0.1) is 23.1 Å². The van der Waals surface area contributed by atoms with E-state index in [1.54, 1.807) is 46.6 Å². The molecule has 0 aliphatic carbocycles. The molecule has 218 valence electrons. The summed E-state index contributed by atoms with van der Waals surface area (Å²) in [5.41, 5.74) is 8.43. The van der Waals surface area contributed by atoms with Gasteiger partial charge in [-0.05, 0) is 73.9 Å². The number of aromatic nitrogens is 3. The van der Waals surface area contributed by atoms with Crippen molar-refractivity contribution < 1.29 is 18.0 Å². The van der Waals surface area contributed by atoms with Gasteiger partial charge in [0, 0.05) is 67.4 Å². The van der Waals surface area contributed by atoms with Crippen LogP contribution in [0.25, 0.3) is 5.70 Å². The number of pyridine rings is 1. The number of amides is 1. The van der Waals surface area contributed by atoms with E-state index in [0.717, 1.165) is 45.9 Å². The molecule has 0 unspecified atom stereocenters. The lowest BCUT2D eigenvalue weighted by Gasteiger charge is -2.26. The average molecular weight is 577 g/mol. The molecule has 1 aliphatic rings. The summed E-state index contributed by atoms with van der Waals surface area (Å²) < 4.78 is 42.9. The van der Waals surface area contributed by atoms with Crippen molar-refractivity contribution in [3.8, 4) is 0 Å². The second-order valence-electron chi connectivity index (χ2n) is 10.1. The van der Waals surface area contributed by atoms with Crippen LogP contribution in [0.2, 0.25) is 0 Å². The van der Waals surface area contributed by atoms with Crippen LogP contribution in [0.5, 0.6) is 0 Å². The van der Waals surface area contributed by atoms with Crippen molar-refractivity contribution in [2.24, 2.45) is 7.05 Å². The molecule has 0 saturated heterocycles. The molecule has 5 rings (SSSR count). The number of nitrogens with zero attached hydrogens (tertiary/aromatic N) is 5. The lowest BCUT2D eigenvalue weighted by atomic mass is 10.1. The van der Waals surface area contributed by atoms with Crippen molar-refractivity contribution in [2.75, 3.05) is 29.2 Å². The van der Waals surface area contributed by atoms with E-state index in [1.807, 2.05) is 51.3 Å². The van der Waals surface area contributed by atoms with Crippen molar-refractivity contribution in [3.63, 3.8) is 0 Å². The third-order valence-corrected chi connectivity index (χ3v) is 7.11. The zero-order valence-corrected chi connectivity index (χ0v) is 23.6. The van der Waals surface area contributed by atoms with E-state index < -0.39 is 17.6 Å². The van der Waals surface area contributed by atoms with Gasteiger partial charge in [-0.3, -0.25) is 24.9 Å². The van der Waals surface area contributed by atoms with Gasteiger partial charge in [-0.1, -0.05) is 6.07 Å². The molecule has 0 bridgehead atoms. The number of hydrogen-bond donors (Lipinski definition) is 3. The molecule has 0 saturated carbocycles. The number of anilines is 3. The Morgan fingerprint density at radius 3 is 2.43 bits per heavy atom. The predicted octanol–water partition coefficient (Wildman–Crippen LogP) is 5.53. The van der Waals surface area contributed by atoms with Crippen LogP contribution >= 0.6 is 0 Å². The summed E-state index contributed by atoms with van der Waals surface area (Å²) in [6, 6.07) is 12.3. The number of rotatable bonds is 8. The van der Waals surface area contributed by atoms with E-state index in [2.05, 4.69) is 26.1 Å². The highest BCUT2D eigenvalue weighted by molar-refractivity contribution is 6.05. The van der Waals surface area contributed by atoms with Crippen molar-refractivity contribution in [3.05, 3.63) is 107 Å². The molecule has 12 heteroatoms. The minimum Gasteiger partial charge on any atom is -0.385 e. The number of hydrazine groups is 2. The minimum atomic E-state index is -4.58. The van der Waals surface area contributed by atoms with Gasteiger partial charge >= 0.3 is 6.18 Å². The Kier molecular flexibility index (Phi) is 7.90. The van der Waals surface area contributed by atoms with E-state index in [1.165, 1.54) is 6.07 Å². The van der Waals surface area contributed by atoms with Gasteiger partial charge in [0.1, 0.15) is 0 Å². The first-order valence-electron chi connectivity index (χ1n) is 13.3. The Hall–Kier alpha value is -4.84. The molecule has 1 aliphatic heterocycles. The van der Waals surface area contributed by atoms with Crippen LogP contribution in [0.1, 0.15) is 38.3 Å². The lowest BCUT2D eigenvalue weighted by molar-refractivity contribution is -0.137. The van der Waals surface area contributed by atoms with Gasteiger partial charge < -0.3 is 10.6 Å². The molecule has 1 amide bonds. The second-order valence-corrected chi connectivity index (χ2v) is 10.1. The van der Waals surface area contributed by atoms with Crippen LogP contribution in [0.15, 0.2) is 73.3 Å². The Balaban J connectivity index is 1.36. The highest BCUT2D eigenvalue weighted by atomic mass is 19.4. The third kappa shape index (κ3) is 6.23. The number of benzene rings is 2. The summed E-state index contributed by atoms with van der Waals surface area (Å²) in [5.74, 6) is -0.527. The highest BCUT2D eigenvalue weighted by Crippen LogP contribution is 2.34. The van der Waals surface area contributed by atoms with Crippen LogP contribution in [-0.2, 0) is 19.6 Å². The minimum absolute atomic E-state index is 0.0394. The SMILES string of the molecule is Cc1ccc(C(=O)Nc2cc(NCCc3ccncc3)cc(C(F)(F)F)c2)cc1N1C=C(c2cnn(C)c2C)NN1C. The first-order valence-corrected chi connectivity index (χ1v) is 13.3. The highest BCUT2D eigenvalue weighted by Gasteiger charge is 2.31. The number of halogens is 3. The molecule has 4 aromatic rings. The van der Waals surface area contributed by atoms with Crippen LogP contribution in [0.4, 0.5) is 30.2 Å². The smallest absolute Gasteiger partial charge is 0.385 e. The molecule has 9 nitrogen and oxygen atoms in total. The van der Waals surface area contributed by atoms with Gasteiger partial charge in [-0.2, -0.15) is 18.3 Å². The molecule has 2 aromatic carbocycles. The van der Waals surface area contributed by atoms with Crippen LogP contribution in [0, 0.1) is 13.8 Å². The first-order chi connectivity index (χ1) is 20.0. The largest absolute Gasteiger partial charge is 0.416 e. The fourth-order valence-corrected chi connectivity index (χ4v) is 4.66. The van der Waals surface area contributed by atoms with Crippen molar-refractivity contribution in [1.29, 1.82) is 0 Å². The number of nitrogens with one attached hydrogen (secondary N) is 3. The van der Waals surface area contributed by atoms with E-state index >= 15 is 0 Å². The van der Waals surface area contributed by atoms with Crippen LogP contribution in [0.3, 0.4) is 0 Å². The normalized spacial score (nSPS) is 13.6. The maximum atomic E-state index is 13.7. The van der Waals surface area contributed by atoms with Crippen molar-refractivity contribution in [2.45, 2.75) is 26.4 Å². The number of alkyl halides is 3. The monoisotopic (exact) mass is 576 g/mol. The van der Waals surface area contributed by atoms with Gasteiger partial charge in [-0.25, -0.2) is 0 Å². The van der Waals surface area contributed by atoms with Crippen LogP contribution < -0.4 is 21.1 Å². The molecule has 0 fully saturated rings. The van der Waals surface area contributed by atoms with Crippen molar-refractivity contribution in [1.82, 2.24) is 25.3 Å². The summed E-state index contributed by atoms with van der Waals surface area (Å²) in [6.45, 7) is 4.30. The summed E-state index contributed by atoms with van der Waals surface area (Å²) in [4.78, 5) is 17.3. The third-order valence-electron chi connectivity index (χ3n) is 7.11. The zero-order valence-electron chi connectivity index (χ0n) is 23.6. The quantitative estimate of drug-likeness (QED) is 0.254. The molecule has 3 heterocycles. The first kappa shape index (κ1) is 28.7. The fourth-order valence-electron chi connectivity index (χ4n) is 4.66. The van der Waals surface area contributed by atoms with E-state index in [-0.39, 0.29) is 11.4 Å². The van der Waals surface area contributed by atoms with Gasteiger partial charge in [0.2, 0.25) is 0 Å². The molecule has 0 atom stereocenters. The van der Waals surface area contributed by atoms with Gasteiger partial charge in [0.25, 0.3) is 5.91 Å². The summed E-state index contributed by atoms with van der Waals surface area (Å²) in [6.07, 6.45) is 3.04. The average Bonchev–Trinajstić information content (AvgIpc) is 3.49. The Labute approximate surface area is 241 Å². The summed E-state index contributed by atoms with van der Waals surface area (Å²) >= 11 is 0. The maximum Gasteiger partial charge on any atom is 0.416 e. The van der Waals surface area contributed by atoms with Gasteiger partial charge in [-0.15, -0.1) is 5.12 Å². The van der Waals surface area contributed by atoms with E-state index in [9.17, 15) is 18.0 Å². The Morgan fingerprint density at radius 1 is 1.00 bits per heavy atom.